The molecule has 0 rings (SSSR count). The number of hydrogen-bond acceptors (Lipinski definition) is 2. The van der Waals surface area contributed by atoms with E-state index >= 15 is 0 Å². The van der Waals surface area contributed by atoms with Gasteiger partial charge in [-0.3, -0.25) is 4.21 Å². The van der Waals surface area contributed by atoms with Crippen LogP contribution in [0.2, 0.25) is 0 Å². The summed E-state index contributed by atoms with van der Waals surface area (Å²) in [5, 5.41) is 0. The molecule has 0 aromatic rings. The Kier molecular flexibility index (Phi) is 9.93. The molecular weight excluding hydrogens is 178 g/mol. The second kappa shape index (κ2) is 6.59. The summed E-state index contributed by atoms with van der Waals surface area (Å²) >= 11 is 0. The first-order valence-electron chi connectivity index (χ1n) is 1.77. The van der Waals surface area contributed by atoms with Crippen LogP contribution in [0.3, 0.4) is 0 Å². The molecule has 0 aliphatic heterocycles. The molecule has 0 bridgehead atoms. The van der Waals surface area contributed by atoms with Crippen molar-refractivity contribution < 1.29 is 4.21 Å². The summed E-state index contributed by atoms with van der Waals surface area (Å²) in [6.07, 6.45) is 1.65. The normalized spacial score (nSPS) is 12.3. The monoisotopic (exact) mass is 187 g/mol. The lowest BCUT2D eigenvalue weighted by Crippen LogP contribution is -2.08. The summed E-state index contributed by atoms with van der Waals surface area (Å²) < 4.78 is 10.1. The van der Waals surface area contributed by atoms with Gasteiger partial charge < -0.3 is 5.73 Å². The zero-order chi connectivity index (χ0) is 4.99. The predicted molar refractivity (Wildman–Crippen MR) is 38.3 cm³/mol. The molecule has 0 fully saturated rings. The van der Waals surface area contributed by atoms with E-state index in [-0.39, 0.29) is 17.0 Å². The highest BCUT2D eigenvalue weighted by molar-refractivity contribution is 8.93. The van der Waals surface area contributed by atoms with E-state index in [9.17, 15) is 4.21 Å². The van der Waals surface area contributed by atoms with Gasteiger partial charge in [0.25, 0.3) is 0 Å². The zero-order valence-corrected chi connectivity index (χ0v) is 6.75. The van der Waals surface area contributed by atoms with Gasteiger partial charge in [-0.15, -0.1) is 17.0 Å². The van der Waals surface area contributed by atoms with E-state index in [0.717, 1.165) is 0 Å². The Morgan fingerprint density at radius 2 is 2.14 bits per heavy atom. The van der Waals surface area contributed by atoms with Gasteiger partial charge in [0, 0.05) is 29.4 Å². The van der Waals surface area contributed by atoms with Gasteiger partial charge in [0.05, 0.1) is 0 Å². The summed E-state index contributed by atoms with van der Waals surface area (Å²) in [4.78, 5) is 0. The van der Waals surface area contributed by atoms with E-state index in [1.807, 2.05) is 0 Å². The lowest BCUT2D eigenvalue weighted by Gasteiger charge is -1.83. The number of nitrogens with two attached hydrogens (primary N) is 1. The van der Waals surface area contributed by atoms with Crippen LogP contribution < -0.4 is 5.73 Å². The maximum atomic E-state index is 10.1. The van der Waals surface area contributed by atoms with E-state index in [2.05, 4.69) is 0 Å². The van der Waals surface area contributed by atoms with Crippen molar-refractivity contribution >= 4 is 27.8 Å². The molecule has 2 nitrogen and oxygen atoms in total. The third-order valence-corrected chi connectivity index (χ3v) is 1.22. The molecule has 0 amide bonds. The molecule has 0 radical (unpaired) electrons. The maximum Gasteiger partial charge on any atom is 0.0355 e. The summed E-state index contributed by atoms with van der Waals surface area (Å²) in [6.45, 7) is 0.531. The van der Waals surface area contributed by atoms with E-state index in [4.69, 9.17) is 5.73 Å². The Morgan fingerprint density at radius 1 is 1.71 bits per heavy atom. The first-order chi connectivity index (χ1) is 2.77. The highest BCUT2D eigenvalue weighted by Gasteiger charge is 1.81. The Labute approximate surface area is 56.7 Å². The van der Waals surface area contributed by atoms with E-state index < -0.39 is 10.8 Å². The summed E-state index contributed by atoms with van der Waals surface area (Å²) in [6, 6.07) is 0. The average Bonchev–Trinajstić information content (AvgIpc) is 1.35. The quantitative estimate of drug-likeness (QED) is 0.657. The Bertz CT molecular complexity index is 58.9. The van der Waals surface area contributed by atoms with Gasteiger partial charge in [0.1, 0.15) is 0 Å². The predicted octanol–water partition coefficient (Wildman–Crippen LogP) is -0.0985. The van der Waals surface area contributed by atoms with Crippen LogP contribution in [-0.4, -0.2) is 22.8 Å². The molecule has 0 saturated carbocycles. The molecular formula is C3H10BrNOS. The molecule has 0 aromatic carbocycles. The fraction of sp³-hybridized carbons (Fsp3) is 1.00. The van der Waals surface area contributed by atoms with Crippen molar-refractivity contribution in [2.75, 3.05) is 18.6 Å². The first kappa shape index (κ1) is 10.5. The van der Waals surface area contributed by atoms with Gasteiger partial charge in [0.15, 0.2) is 0 Å². The van der Waals surface area contributed by atoms with Gasteiger partial charge >= 0.3 is 0 Å². The van der Waals surface area contributed by atoms with Crippen LogP contribution in [0.4, 0.5) is 0 Å². The van der Waals surface area contributed by atoms with Crippen molar-refractivity contribution in [3.05, 3.63) is 0 Å². The highest BCUT2D eigenvalue weighted by atomic mass is 79.9. The van der Waals surface area contributed by atoms with Crippen molar-refractivity contribution in [1.82, 2.24) is 0 Å². The Hall–Kier alpha value is 0.590. The average molecular weight is 188 g/mol. The second-order valence-corrected chi connectivity index (χ2v) is 2.62. The van der Waals surface area contributed by atoms with Crippen molar-refractivity contribution in [2.45, 2.75) is 0 Å². The standard InChI is InChI=1S/C3H9NOS.BrH/c1-6(5)3-2-4;/h2-4H2,1H3;1H. The summed E-state index contributed by atoms with van der Waals surface area (Å²) in [5.41, 5.74) is 5.04. The maximum absolute atomic E-state index is 10.1. The van der Waals surface area contributed by atoms with Gasteiger partial charge in [-0.1, -0.05) is 0 Å². The molecule has 1 atom stereocenters. The molecule has 0 heterocycles. The molecule has 7 heavy (non-hydrogen) atoms. The minimum absolute atomic E-state index is 0. The molecule has 0 saturated heterocycles. The van der Waals surface area contributed by atoms with Gasteiger partial charge in [-0.05, 0) is 0 Å². The molecule has 4 heteroatoms. The minimum atomic E-state index is -0.691. The third kappa shape index (κ3) is 10.8. The molecule has 2 N–H and O–H groups in total. The van der Waals surface area contributed by atoms with Gasteiger partial charge in [0.2, 0.25) is 0 Å². The van der Waals surface area contributed by atoms with Gasteiger partial charge in [-0.2, -0.15) is 0 Å². The molecule has 0 aromatic heterocycles. The van der Waals surface area contributed by atoms with Crippen LogP contribution >= 0.6 is 17.0 Å². The minimum Gasteiger partial charge on any atom is -0.330 e. The second-order valence-electron chi connectivity index (χ2n) is 1.07. The largest absolute Gasteiger partial charge is 0.330 e. The van der Waals surface area contributed by atoms with E-state index in [1.165, 1.54) is 0 Å². The van der Waals surface area contributed by atoms with Crippen LogP contribution in [0.15, 0.2) is 0 Å². The van der Waals surface area contributed by atoms with E-state index in [0.29, 0.717) is 12.3 Å². The van der Waals surface area contributed by atoms with Crippen LogP contribution in [-0.2, 0) is 10.8 Å². The van der Waals surface area contributed by atoms with Crippen LogP contribution in [0.1, 0.15) is 0 Å². The summed E-state index contributed by atoms with van der Waals surface area (Å²) in [7, 11) is -0.691. The molecule has 1 unspecified atom stereocenters. The van der Waals surface area contributed by atoms with Crippen molar-refractivity contribution in [2.24, 2.45) is 5.73 Å². The van der Waals surface area contributed by atoms with Crippen molar-refractivity contribution in [1.29, 1.82) is 0 Å². The Balaban J connectivity index is 0. The van der Waals surface area contributed by atoms with E-state index in [1.54, 1.807) is 6.26 Å². The number of hydrogen-bond donors (Lipinski definition) is 1. The summed E-state index contributed by atoms with van der Waals surface area (Å²) in [5.74, 6) is 0.625. The molecule has 0 aliphatic carbocycles. The lowest BCUT2D eigenvalue weighted by molar-refractivity contribution is 0.686. The fourth-order valence-electron chi connectivity index (χ4n) is 0.166. The molecule has 0 aliphatic rings. The van der Waals surface area contributed by atoms with Crippen LogP contribution in [0.25, 0.3) is 0 Å². The molecule has 46 valence electrons. The SMILES string of the molecule is Br.CS(=O)CCN. The van der Waals surface area contributed by atoms with Crippen molar-refractivity contribution in [3.8, 4) is 0 Å². The molecule has 0 spiro atoms. The third-order valence-electron chi connectivity index (χ3n) is 0.405. The zero-order valence-electron chi connectivity index (χ0n) is 4.22. The van der Waals surface area contributed by atoms with Crippen LogP contribution in [0, 0.1) is 0 Å². The number of rotatable bonds is 2. The highest BCUT2D eigenvalue weighted by Crippen LogP contribution is 1.65. The first-order valence-corrected chi connectivity index (χ1v) is 3.50. The van der Waals surface area contributed by atoms with Crippen LogP contribution in [0.5, 0.6) is 0 Å². The fourth-order valence-corrected chi connectivity index (χ4v) is 0.498. The smallest absolute Gasteiger partial charge is 0.0355 e. The number of halogens is 1. The topological polar surface area (TPSA) is 43.1 Å². The Morgan fingerprint density at radius 3 is 2.14 bits per heavy atom. The lowest BCUT2D eigenvalue weighted by atomic mass is 10.8. The van der Waals surface area contributed by atoms with Gasteiger partial charge in [-0.25, -0.2) is 0 Å². The van der Waals surface area contributed by atoms with Crippen molar-refractivity contribution in [3.63, 3.8) is 0 Å².